The Morgan fingerprint density at radius 1 is 1.10 bits per heavy atom. The van der Waals surface area contributed by atoms with Crippen LogP contribution in [0.4, 0.5) is 0 Å². The van der Waals surface area contributed by atoms with Crippen molar-refractivity contribution in [3.05, 3.63) is 0 Å². The van der Waals surface area contributed by atoms with Gasteiger partial charge in [-0.05, 0) is 56.3 Å². The number of hydrogen-bond acceptors (Lipinski definition) is 1. The Bertz CT molecular complexity index is 334. The first-order chi connectivity index (χ1) is 9.72. The van der Waals surface area contributed by atoms with Gasteiger partial charge in [0.25, 0.3) is 0 Å². The molecular weight excluding hydrogens is 246 g/mol. The Balaban J connectivity index is 1.37. The van der Waals surface area contributed by atoms with Crippen molar-refractivity contribution in [3.8, 4) is 0 Å². The van der Waals surface area contributed by atoms with E-state index in [0.717, 1.165) is 36.5 Å². The fourth-order valence-corrected chi connectivity index (χ4v) is 5.15. The van der Waals surface area contributed by atoms with Gasteiger partial charge in [-0.1, -0.05) is 38.5 Å². The second-order valence-electron chi connectivity index (χ2n) is 7.74. The fourth-order valence-electron chi connectivity index (χ4n) is 5.15. The summed E-state index contributed by atoms with van der Waals surface area (Å²) >= 11 is 0. The monoisotopic (exact) mass is 277 g/mol. The van der Waals surface area contributed by atoms with Gasteiger partial charge in [0.1, 0.15) is 0 Å². The zero-order valence-corrected chi connectivity index (χ0v) is 13.1. The molecule has 20 heavy (non-hydrogen) atoms. The van der Waals surface area contributed by atoms with E-state index in [4.69, 9.17) is 0 Å². The Morgan fingerprint density at radius 3 is 2.55 bits per heavy atom. The largest absolute Gasteiger partial charge is 0.353 e. The van der Waals surface area contributed by atoms with Crippen LogP contribution >= 0.6 is 0 Å². The summed E-state index contributed by atoms with van der Waals surface area (Å²) in [6, 6.07) is 0.407. The molecule has 2 heteroatoms. The summed E-state index contributed by atoms with van der Waals surface area (Å²) in [5.74, 6) is 3.80. The number of amides is 1. The zero-order chi connectivity index (χ0) is 13.9. The predicted octanol–water partition coefficient (Wildman–Crippen LogP) is 4.29. The Hall–Kier alpha value is -0.530. The lowest BCUT2D eigenvalue weighted by molar-refractivity contribution is -0.122. The summed E-state index contributed by atoms with van der Waals surface area (Å²) in [6.07, 6.45) is 14.4. The van der Waals surface area contributed by atoms with Gasteiger partial charge < -0.3 is 5.32 Å². The summed E-state index contributed by atoms with van der Waals surface area (Å²) in [7, 11) is 0. The van der Waals surface area contributed by atoms with Crippen molar-refractivity contribution in [3.63, 3.8) is 0 Å². The first kappa shape index (κ1) is 14.4. The van der Waals surface area contributed by atoms with Crippen molar-refractivity contribution in [1.82, 2.24) is 5.32 Å². The molecule has 0 aromatic heterocycles. The molecule has 0 spiro atoms. The smallest absolute Gasteiger partial charge is 0.220 e. The van der Waals surface area contributed by atoms with Crippen molar-refractivity contribution >= 4 is 5.91 Å². The molecule has 2 nitrogen and oxygen atoms in total. The summed E-state index contributed by atoms with van der Waals surface area (Å²) in [6.45, 7) is 2.24. The van der Waals surface area contributed by atoms with Gasteiger partial charge in [0.15, 0.2) is 0 Å². The molecule has 1 amide bonds. The third-order valence-electron chi connectivity index (χ3n) is 6.33. The van der Waals surface area contributed by atoms with Crippen molar-refractivity contribution < 1.29 is 4.79 Å². The second kappa shape index (κ2) is 6.49. The van der Waals surface area contributed by atoms with E-state index in [1.165, 1.54) is 57.8 Å². The third kappa shape index (κ3) is 3.38. The quantitative estimate of drug-likeness (QED) is 0.798. The molecule has 0 heterocycles. The van der Waals surface area contributed by atoms with Gasteiger partial charge in [0, 0.05) is 12.5 Å². The van der Waals surface area contributed by atoms with Crippen LogP contribution in [0.25, 0.3) is 0 Å². The number of carbonyl (C=O) groups excluding carboxylic acids is 1. The Kier molecular flexibility index (Phi) is 4.68. The van der Waals surface area contributed by atoms with Crippen LogP contribution in [0.1, 0.15) is 77.6 Å². The third-order valence-corrected chi connectivity index (χ3v) is 6.33. The van der Waals surface area contributed by atoms with E-state index in [1.54, 1.807) is 0 Å². The van der Waals surface area contributed by atoms with Gasteiger partial charge >= 0.3 is 0 Å². The second-order valence-corrected chi connectivity index (χ2v) is 7.74. The van der Waals surface area contributed by atoms with E-state index in [9.17, 15) is 4.79 Å². The SMILES string of the molecule is C[C@@H](NC(=O)CCC1CCCCC1)[C@@H]1C[C@H]2CC[C@H]1C2. The van der Waals surface area contributed by atoms with E-state index in [-0.39, 0.29) is 0 Å². The van der Waals surface area contributed by atoms with Crippen molar-refractivity contribution in [2.75, 3.05) is 0 Å². The number of carbonyl (C=O) groups is 1. The normalized spacial score (nSPS) is 35.1. The van der Waals surface area contributed by atoms with Gasteiger partial charge in [0.05, 0.1) is 0 Å². The van der Waals surface area contributed by atoms with Crippen LogP contribution in [0.2, 0.25) is 0 Å². The van der Waals surface area contributed by atoms with E-state index in [0.29, 0.717) is 11.9 Å². The lowest BCUT2D eigenvalue weighted by Gasteiger charge is -2.29. The zero-order valence-electron chi connectivity index (χ0n) is 13.1. The minimum Gasteiger partial charge on any atom is -0.353 e. The maximum absolute atomic E-state index is 12.1. The van der Waals surface area contributed by atoms with Crippen molar-refractivity contribution in [2.45, 2.75) is 83.6 Å². The molecule has 4 atom stereocenters. The highest BCUT2D eigenvalue weighted by Crippen LogP contribution is 2.49. The minimum absolute atomic E-state index is 0.311. The van der Waals surface area contributed by atoms with Crippen LogP contribution in [-0.4, -0.2) is 11.9 Å². The minimum atomic E-state index is 0.311. The molecule has 3 aliphatic carbocycles. The number of rotatable bonds is 5. The molecule has 1 N–H and O–H groups in total. The molecule has 3 saturated carbocycles. The van der Waals surface area contributed by atoms with Gasteiger partial charge in [-0.3, -0.25) is 4.79 Å². The van der Waals surface area contributed by atoms with Crippen LogP contribution in [0.15, 0.2) is 0 Å². The lowest BCUT2D eigenvalue weighted by atomic mass is 9.83. The van der Waals surface area contributed by atoms with Crippen LogP contribution in [-0.2, 0) is 4.79 Å². The standard InChI is InChI=1S/C18H31NO/c1-13(17-12-15-7-9-16(17)11-15)19-18(20)10-8-14-5-3-2-4-6-14/h13-17H,2-12H2,1H3,(H,19,20)/t13-,15+,16+,17+/m1/s1. The first-order valence-corrected chi connectivity index (χ1v) is 9.01. The molecule has 3 fully saturated rings. The Morgan fingerprint density at radius 2 is 1.90 bits per heavy atom. The fraction of sp³-hybridized carbons (Fsp3) is 0.944. The van der Waals surface area contributed by atoms with Gasteiger partial charge in [0.2, 0.25) is 5.91 Å². The van der Waals surface area contributed by atoms with Crippen LogP contribution < -0.4 is 5.32 Å². The summed E-state index contributed by atoms with van der Waals surface area (Å²) in [5, 5.41) is 3.31. The van der Waals surface area contributed by atoms with Crippen LogP contribution in [0.5, 0.6) is 0 Å². The highest BCUT2D eigenvalue weighted by molar-refractivity contribution is 5.76. The Labute approximate surface area is 124 Å². The highest BCUT2D eigenvalue weighted by Gasteiger charge is 2.42. The van der Waals surface area contributed by atoms with E-state index < -0.39 is 0 Å². The topological polar surface area (TPSA) is 29.1 Å². The molecule has 0 radical (unpaired) electrons. The molecule has 0 unspecified atom stereocenters. The molecule has 114 valence electrons. The number of nitrogens with one attached hydrogen (secondary N) is 1. The number of hydrogen-bond donors (Lipinski definition) is 1. The highest BCUT2D eigenvalue weighted by atomic mass is 16.1. The molecule has 0 aromatic rings. The average Bonchev–Trinajstić information content (AvgIpc) is 3.09. The molecule has 3 aliphatic rings. The number of fused-ring (bicyclic) bond motifs is 2. The molecule has 0 aliphatic heterocycles. The van der Waals surface area contributed by atoms with E-state index in [1.807, 2.05) is 0 Å². The lowest BCUT2D eigenvalue weighted by Crippen LogP contribution is -2.40. The molecule has 0 aromatic carbocycles. The van der Waals surface area contributed by atoms with E-state index in [2.05, 4.69) is 12.2 Å². The molecular formula is C18H31NO. The van der Waals surface area contributed by atoms with Gasteiger partial charge in [-0.15, -0.1) is 0 Å². The van der Waals surface area contributed by atoms with Gasteiger partial charge in [-0.25, -0.2) is 0 Å². The maximum Gasteiger partial charge on any atom is 0.220 e. The summed E-state index contributed by atoms with van der Waals surface area (Å²) in [5.41, 5.74) is 0. The summed E-state index contributed by atoms with van der Waals surface area (Å²) < 4.78 is 0. The van der Waals surface area contributed by atoms with Crippen LogP contribution in [0.3, 0.4) is 0 Å². The summed E-state index contributed by atoms with van der Waals surface area (Å²) in [4.78, 5) is 12.1. The molecule has 0 saturated heterocycles. The molecule has 3 rings (SSSR count). The first-order valence-electron chi connectivity index (χ1n) is 9.01. The van der Waals surface area contributed by atoms with Crippen molar-refractivity contribution in [2.24, 2.45) is 23.7 Å². The molecule has 2 bridgehead atoms. The van der Waals surface area contributed by atoms with E-state index >= 15 is 0 Å². The van der Waals surface area contributed by atoms with Crippen LogP contribution in [0, 0.1) is 23.7 Å². The predicted molar refractivity (Wildman–Crippen MR) is 82.4 cm³/mol. The van der Waals surface area contributed by atoms with Crippen molar-refractivity contribution in [1.29, 1.82) is 0 Å². The maximum atomic E-state index is 12.1. The van der Waals surface area contributed by atoms with Gasteiger partial charge in [-0.2, -0.15) is 0 Å². The average molecular weight is 277 g/mol.